The molecular formula is C12H9Cl2FN2O. The summed E-state index contributed by atoms with van der Waals surface area (Å²) in [7, 11) is 0. The molecule has 1 N–H and O–H groups in total. The van der Waals surface area contributed by atoms with Gasteiger partial charge in [0.1, 0.15) is 11.6 Å². The number of amides is 1. The fourth-order valence-electron chi connectivity index (χ4n) is 1.27. The number of hydrogen-bond acceptors (Lipinski definition) is 2. The van der Waals surface area contributed by atoms with E-state index in [0.717, 1.165) is 6.07 Å². The number of pyridine rings is 1. The lowest BCUT2D eigenvalue weighted by Crippen LogP contribution is -2.12. The van der Waals surface area contributed by atoms with Crippen molar-refractivity contribution in [3.05, 3.63) is 59.0 Å². The maximum Gasteiger partial charge on any atom is 0.256 e. The van der Waals surface area contributed by atoms with Crippen molar-refractivity contribution in [3.8, 4) is 0 Å². The molecule has 0 saturated heterocycles. The highest BCUT2D eigenvalue weighted by Crippen LogP contribution is 2.11. The molecule has 18 heavy (non-hydrogen) atoms. The molecule has 0 fully saturated rings. The highest BCUT2D eigenvalue weighted by molar-refractivity contribution is 6.30. The van der Waals surface area contributed by atoms with E-state index in [2.05, 4.69) is 10.3 Å². The Labute approximate surface area is 114 Å². The van der Waals surface area contributed by atoms with E-state index in [1.165, 1.54) is 24.4 Å². The van der Waals surface area contributed by atoms with Gasteiger partial charge in [-0.3, -0.25) is 4.79 Å². The molecule has 1 aromatic carbocycles. The molecule has 0 spiro atoms. The smallest absolute Gasteiger partial charge is 0.256 e. The summed E-state index contributed by atoms with van der Waals surface area (Å²) in [6.45, 7) is 0. The Hall–Kier alpha value is -1.65. The lowest BCUT2D eigenvalue weighted by atomic mass is 10.2. The molecule has 0 saturated carbocycles. The Bertz CT molecular complexity index is 546. The summed E-state index contributed by atoms with van der Waals surface area (Å²) in [4.78, 5) is 15.6. The number of rotatable bonds is 2. The number of carbonyl (C=O) groups is 1. The molecule has 1 aromatic heterocycles. The molecule has 1 heterocycles. The van der Waals surface area contributed by atoms with E-state index < -0.39 is 11.7 Å². The van der Waals surface area contributed by atoms with Crippen LogP contribution in [-0.2, 0) is 0 Å². The number of benzene rings is 1. The van der Waals surface area contributed by atoms with E-state index >= 15 is 0 Å². The largest absolute Gasteiger partial charge is 0.307 e. The van der Waals surface area contributed by atoms with E-state index in [1.54, 1.807) is 12.1 Å². The fraction of sp³-hybridized carbons (Fsp3) is 0. The molecule has 0 aliphatic carbocycles. The highest BCUT2D eigenvalue weighted by atomic mass is 35.5. The number of halogens is 3. The first kappa shape index (κ1) is 14.4. The predicted molar refractivity (Wildman–Crippen MR) is 70.8 cm³/mol. The first-order valence-electron chi connectivity index (χ1n) is 4.83. The third-order valence-electron chi connectivity index (χ3n) is 2.06. The third-order valence-corrected chi connectivity index (χ3v) is 2.28. The van der Waals surface area contributed by atoms with Crippen molar-refractivity contribution in [1.29, 1.82) is 0 Å². The van der Waals surface area contributed by atoms with Gasteiger partial charge in [-0.25, -0.2) is 9.37 Å². The summed E-state index contributed by atoms with van der Waals surface area (Å²) in [5, 5.41) is 3.02. The molecule has 6 heteroatoms. The van der Waals surface area contributed by atoms with Gasteiger partial charge in [0.2, 0.25) is 0 Å². The normalized spacial score (nSPS) is 9.44. The molecule has 3 nitrogen and oxygen atoms in total. The number of nitrogens with zero attached hydrogens (tertiary/aromatic N) is 1. The molecule has 0 atom stereocenters. The number of aromatic nitrogens is 1. The van der Waals surface area contributed by atoms with Gasteiger partial charge in [0.05, 0.1) is 5.02 Å². The SMILES string of the molecule is Cl.O=C(Nc1ccc(Cl)cn1)c1cccc(F)c1. The first-order valence-corrected chi connectivity index (χ1v) is 5.21. The molecule has 0 aliphatic rings. The molecule has 0 aliphatic heterocycles. The van der Waals surface area contributed by atoms with E-state index in [-0.39, 0.29) is 18.0 Å². The second kappa shape index (κ2) is 6.33. The van der Waals surface area contributed by atoms with Crippen LogP contribution in [0, 0.1) is 5.82 Å². The van der Waals surface area contributed by atoms with Crippen LogP contribution in [0.3, 0.4) is 0 Å². The predicted octanol–water partition coefficient (Wildman–Crippen LogP) is 3.55. The number of anilines is 1. The van der Waals surface area contributed by atoms with Crippen LogP contribution in [-0.4, -0.2) is 10.9 Å². The van der Waals surface area contributed by atoms with Crippen LogP contribution < -0.4 is 5.32 Å². The van der Waals surface area contributed by atoms with Gasteiger partial charge < -0.3 is 5.32 Å². The monoisotopic (exact) mass is 286 g/mol. The first-order chi connectivity index (χ1) is 8.15. The van der Waals surface area contributed by atoms with Crippen molar-refractivity contribution in [2.75, 3.05) is 5.32 Å². The number of carbonyl (C=O) groups excluding carboxylic acids is 1. The standard InChI is InChI=1S/C12H8ClFN2O.ClH/c13-9-4-5-11(15-7-9)16-12(17)8-2-1-3-10(14)6-8;/h1-7H,(H,15,16,17);1H. The van der Waals surface area contributed by atoms with Crippen molar-refractivity contribution in [3.63, 3.8) is 0 Å². The van der Waals surface area contributed by atoms with Gasteiger partial charge in [-0.15, -0.1) is 12.4 Å². The Kier molecular flexibility index (Phi) is 5.07. The minimum absolute atomic E-state index is 0. The maximum absolute atomic E-state index is 12.9. The van der Waals surface area contributed by atoms with Crippen molar-refractivity contribution in [2.24, 2.45) is 0 Å². The number of nitrogens with one attached hydrogen (secondary N) is 1. The quantitative estimate of drug-likeness (QED) is 0.917. The lowest BCUT2D eigenvalue weighted by Gasteiger charge is -2.04. The second-order valence-electron chi connectivity index (χ2n) is 3.33. The molecule has 0 unspecified atom stereocenters. The fourth-order valence-corrected chi connectivity index (χ4v) is 1.38. The second-order valence-corrected chi connectivity index (χ2v) is 3.76. The summed E-state index contributed by atoms with van der Waals surface area (Å²) >= 11 is 5.66. The Morgan fingerprint density at radius 2 is 2.06 bits per heavy atom. The Balaban J connectivity index is 0.00000162. The van der Waals surface area contributed by atoms with Crippen LogP contribution in [0.25, 0.3) is 0 Å². The zero-order chi connectivity index (χ0) is 12.3. The van der Waals surface area contributed by atoms with Crippen LogP contribution in [0.2, 0.25) is 5.02 Å². The molecular weight excluding hydrogens is 278 g/mol. The van der Waals surface area contributed by atoms with Crippen LogP contribution in [0.5, 0.6) is 0 Å². The molecule has 1 amide bonds. The van der Waals surface area contributed by atoms with E-state index in [4.69, 9.17) is 11.6 Å². The van der Waals surface area contributed by atoms with E-state index in [0.29, 0.717) is 10.8 Å². The van der Waals surface area contributed by atoms with E-state index in [1.807, 2.05) is 0 Å². The zero-order valence-corrected chi connectivity index (χ0v) is 10.6. The highest BCUT2D eigenvalue weighted by Gasteiger charge is 2.07. The van der Waals surface area contributed by atoms with Crippen LogP contribution in [0.15, 0.2) is 42.6 Å². The van der Waals surface area contributed by atoms with Crippen LogP contribution in [0.1, 0.15) is 10.4 Å². The minimum Gasteiger partial charge on any atom is -0.307 e. The molecule has 94 valence electrons. The van der Waals surface area contributed by atoms with Gasteiger partial charge in [0.15, 0.2) is 0 Å². The summed E-state index contributed by atoms with van der Waals surface area (Å²) in [5.74, 6) is -0.510. The van der Waals surface area contributed by atoms with Gasteiger partial charge >= 0.3 is 0 Å². The van der Waals surface area contributed by atoms with Gasteiger partial charge in [0, 0.05) is 11.8 Å². The van der Waals surface area contributed by atoms with E-state index in [9.17, 15) is 9.18 Å². The summed E-state index contributed by atoms with van der Waals surface area (Å²) < 4.78 is 12.9. The summed E-state index contributed by atoms with van der Waals surface area (Å²) in [6, 6.07) is 8.60. The van der Waals surface area contributed by atoms with Crippen molar-refractivity contribution in [2.45, 2.75) is 0 Å². The Morgan fingerprint density at radius 3 is 2.67 bits per heavy atom. The third kappa shape index (κ3) is 3.68. The van der Waals surface area contributed by atoms with Crippen molar-refractivity contribution in [1.82, 2.24) is 4.98 Å². The average molecular weight is 287 g/mol. The lowest BCUT2D eigenvalue weighted by molar-refractivity contribution is 0.102. The average Bonchev–Trinajstić information content (AvgIpc) is 2.32. The number of hydrogen-bond donors (Lipinski definition) is 1. The van der Waals surface area contributed by atoms with Gasteiger partial charge in [-0.05, 0) is 30.3 Å². The van der Waals surface area contributed by atoms with Gasteiger partial charge in [-0.2, -0.15) is 0 Å². The maximum atomic E-state index is 12.9. The Morgan fingerprint density at radius 1 is 1.28 bits per heavy atom. The molecule has 2 rings (SSSR count). The van der Waals surface area contributed by atoms with Crippen molar-refractivity contribution < 1.29 is 9.18 Å². The van der Waals surface area contributed by atoms with Crippen LogP contribution >= 0.6 is 24.0 Å². The van der Waals surface area contributed by atoms with Crippen LogP contribution in [0.4, 0.5) is 10.2 Å². The molecule has 0 bridgehead atoms. The van der Waals surface area contributed by atoms with Gasteiger partial charge in [0.25, 0.3) is 5.91 Å². The van der Waals surface area contributed by atoms with Gasteiger partial charge in [-0.1, -0.05) is 17.7 Å². The summed E-state index contributed by atoms with van der Waals surface area (Å²) in [5.41, 5.74) is 0.238. The summed E-state index contributed by atoms with van der Waals surface area (Å²) in [6.07, 6.45) is 1.42. The molecule has 0 radical (unpaired) electrons. The minimum atomic E-state index is -0.457. The molecule has 2 aromatic rings. The van der Waals surface area contributed by atoms with Crippen molar-refractivity contribution >= 4 is 35.7 Å². The topological polar surface area (TPSA) is 42.0 Å². The zero-order valence-electron chi connectivity index (χ0n) is 9.06.